The number of carbonyl (C=O) groups is 2. The van der Waals surface area contributed by atoms with Crippen molar-refractivity contribution in [1.29, 1.82) is 0 Å². The van der Waals surface area contributed by atoms with E-state index in [0.717, 1.165) is 19.2 Å². The number of halogens is 2. The first-order valence-corrected chi connectivity index (χ1v) is 7.70. The van der Waals surface area contributed by atoms with E-state index in [9.17, 15) is 18.4 Å². The summed E-state index contributed by atoms with van der Waals surface area (Å²) in [5.74, 6) is -2.85. The summed E-state index contributed by atoms with van der Waals surface area (Å²) >= 11 is 0. The highest BCUT2D eigenvalue weighted by molar-refractivity contribution is 5.97. The largest absolute Gasteiger partial charge is 0.491 e. The van der Waals surface area contributed by atoms with Gasteiger partial charge in [0, 0.05) is 43.2 Å². The van der Waals surface area contributed by atoms with E-state index in [4.69, 9.17) is 0 Å². The van der Waals surface area contributed by atoms with Gasteiger partial charge in [0.15, 0.2) is 17.4 Å². The zero-order chi connectivity index (χ0) is 19.3. The van der Waals surface area contributed by atoms with Crippen LogP contribution >= 0.6 is 0 Å². The van der Waals surface area contributed by atoms with Crippen molar-refractivity contribution in [3.8, 4) is 5.75 Å². The summed E-state index contributed by atoms with van der Waals surface area (Å²) in [6, 6.07) is 8.54. The Morgan fingerprint density at radius 3 is 2.31 bits per heavy atom. The number of ether oxygens (including phenoxy) is 1. The third kappa shape index (κ3) is 4.69. The summed E-state index contributed by atoms with van der Waals surface area (Å²) in [5, 5.41) is 5.24. The molecule has 0 aliphatic carbocycles. The van der Waals surface area contributed by atoms with Crippen molar-refractivity contribution in [2.75, 3.05) is 38.4 Å². The predicted molar refractivity (Wildman–Crippen MR) is 94.5 cm³/mol. The number of nitrogens with one attached hydrogen (secondary N) is 2. The second kappa shape index (κ2) is 8.28. The lowest BCUT2D eigenvalue weighted by Crippen LogP contribution is -2.23. The molecule has 6 nitrogen and oxygen atoms in total. The van der Waals surface area contributed by atoms with Crippen LogP contribution in [0.15, 0.2) is 36.4 Å². The molecule has 0 spiro atoms. The van der Waals surface area contributed by atoms with Crippen molar-refractivity contribution < 1.29 is 23.1 Å². The second-order valence-corrected chi connectivity index (χ2v) is 5.66. The molecule has 0 aliphatic heterocycles. The Morgan fingerprint density at radius 2 is 1.73 bits per heavy atom. The minimum Gasteiger partial charge on any atom is -0.491 e. The number of benzene rings is 2. The van der Waals surface area contributed by atoms with E-state index < -0.39 is 23.3 Å². The van der Waals surface area contributed by atoms with E-state index in [1.165, 1.54) is 4.90 Å². The van der Waals surface area contributed by atoms with Crippen molar-refractivity contribution in [1.82, 2.24) is 4.90 Å². The number of carbonyl (C=O) groups excluding carboxylic acids is 2. The number of hydrogen-bond donors (Lipinski definition) is 2. The van der Waals surface area contributed by atoms with E-state index in [0.29, 0.717) is 11.3 Å². The highest BCUT2D eigenvalue weighted by Crippen LogP contribution is 2.25. The van der Waals surface area contributed by atoms with Gasteiger partial charge in [0.2, 0.25) is 5.91 Å². The summed E-state index contributed by atoms with van der Waals surface area (Å²) in [7, 11) is 4.42. The lowest BCUT2D eigenvalue weighted by molar-refractivity contribution is -0.114. The maximum atomic E-state index is 13.6. The van der Waals surface area contributed by atoms with Gasteiger partial charge in [-0.25, -0.2) is 8.78 Å². The Kier molecular flexibility index (Phi) is 6.11. The number of anilines is 2. The van der Waals surface area contributed by atoms with Gasteiger partial charge in [0.05, 0.1) is 13.7 Å². The topological polar surface area (TPSA) is 70.7 Å². The smallest absolute Gasteiger partial charge is 0.253 e. The summed E-state index contributed by atoms with van der Waals surface area (Å²) < 4.78 is 31.8. The zero-order valence-electron chi connectivity index (χ0n) is 14.6. The second-order valence-electron chi connectivity index (χ2n) is 5.66. The molecule has 0 aliphatic rings. The van der Waals surface area contributed by atoms with Gasteiger partial charge in [-0.15, -0.1) is 0 Å². The third-order valence-corrected chi connectivity index (χ3v) is 3.45. The molecule has 2 N–H and O–H groups in total. The van der Waals surface area contributed by atoms with Crippen LogP contribution in [0.2, 0.25) is 0 Å². The molecule has 2 rings (SSSR count). The van der Waals surface area contributed by atoms with Crippen LogP contribution in [0.25, 0.3) is 0 Å². The Balaban J connectivity index is 1.99. The fraction of sp³-hybridized carbons (Fsp3) is 0.222. The van der Waals surface area contributed by atoms with Gasteiger partial charge in [-0.1, -0.05) is 6.07 Å². The minimum atomic E-state index is -0.870. The summed E-state index contributed by atoms with van der Waals surface area (Å²) in [6.07, 6.45) is 0. The fourth-order valence-electron chi connectivity index (χ4n) is 2.23. The van der Waals surface area contributed by atoms with Crippen LogP contribution in [0.5, 0.6) is 5.75 Å². The number of nitrogens with zero attached hydrogens (tertiary/aromatic N) is 1. The van der Waals surface area contributed by atoms with Gasteiger partial charge in [-0.2, -0.15) is 0 Å². The molecule has 0 atom stereocenters. The number of hydrogen-bond acceptors (Lipinski definition) is 4. The first kappa shape index (κ1) is 19.2. The highest BCUT2D eigenvalue weighted by atomic mass is 19.1. The molecule has 0 unspecified atom stereocenters. The van der Waals surface area contributed by atoms with E-state index in [1.807, 2.05) is 0 Å². The van der Waals surface area contributed by atoms with Crippen molar-refractivity contribution in [2.24, 2.45) is 0 Å². The lowest BCUT2D eigenvalue weighted by Gasteiger charge is -2.12. The molecule has 0 heterocycles. The van der Waals surface area contributed by atoms with Gasteiger partial charge in [0.1, 0.15) is 0 Å². The van der Waals surface area contributed by atoms with Crippen LogP contribution in [0.1, 0.15) is 10.4 Å². The maximum absolute atomic E-state index is 13.6. The monoisotopic (exact) mass is 363 g/mol. The molecule has 0 radical (unpaired) electrons. The molecule has 26 heavy (non-hydrogen) atoms. The molecule has 0 bridgehead atoms. The Bertz CT molecular complexity index is 802. The van der Waals surface area contributed by atoms with Crippen molar-refractivity contribution in [3.05, 3.63) is 53.6 Å². The van der Waals surface area contributed by atoms with Crippen LogP contribution in [0.4, 0.5) is 20.2 Å². The number of rotatable bonds is 6. The molecule has 138 valence electrons. The molecule has 0 saturated carbocycles. The first-order chi connectivity index (χ1) is 12.3. The van der Waals surface area contributed by atoms with Gasteiger partial charge in [-0.05, 0) is 18.2 Å². The average Bonchev–Trinajstić information content (AvgIpc) is 2.59. The molecule has 0 fully saturated rings. The van der Waals surface area contributed by atoms with E-state index >= 15 is 0 Å². The summed E-state index contributed by atoms with van der Waals surface area (Å²) in [5.41, 5.74) is 0.976. The highest BCUT2D eigenvalue weighted by Gasteiger charge is 2.13. The summed E-state index contributed by atoms with van der Waals surface area (Å²) in [4.78, 5) is 25.4. The standard InChI is InChI=1S/C18H19F2N3O3/c1-23(2)18(25)11-5-4-6-12(7-11)22-16(24)10-21-13-8-14(19)17(26-3)15(20)9-13/h4-9,21H,10H2,1-3H3,(H,22,24). The Morgan fingerprint density at radius 1 is 1.08 bits per heavy atom. The predicted octanol–water partition coefficient (Wildman–Crippen LogP) is 2.73. The summed E-state index contributed by atoms with van der Waals surface area (Å²) in [6.45, 7) is -0.211. The van der Waals surface area contributed by atoms with Gasteiger partial charge in [0.25, 0.3) is 5.91 Å². The quantitative estimate of drug-likeness (QED) is 0.828. The molecule has 8 heteroatoms. The SMILES string of the molecule is COc1c(F)cc(NCC(=O)Nc2cccc(C(=O)N(C)C)c2)cc1F. The van der Waals surface area contributed by atoms with Crippen molar-refractivity contribution >= 4 is 23.2 Å². The van der Waals surface area contributed by atoms with Crippen LogP contribution in [0.3, 0.4) is 0 Å². The molecular weight excluding hydrogens is 344 g/mol. The number of methoxy groups -OCH3 is 1. The van der Waals surface area contributed by atoms with Crippen LogP contribution < -0.4 is 15.4 Å². The lowest BCUT2D eigenvalue weighted by atomic mass is 10.2. The molecule has 2 aromatic rings. The number of amides is 2. The Labute approximate surface area is 149 Å². The molecule has 0 aromatic heterocycles. The average molecular weight is 363 g/mol. The maximum Gasteiger partial charge on any atom is 0.253 e. The normalized spacial score (nSPS) is 10.2. The van der Waals surface area contributed by atoms with Crippen LogP contribution in [-0.4, -0.2) is 44.5 Å². The van der Waals surface area contributed by atoms with Crippen molar-refractivity contribution in [3.63, 3.8) is 0 Å². The van der Waals surface area contributed by atoms with Crippen LogP contribution in [-0.2, 0) is 4.79 Å². The van der Waals surface area contributed by atoms with Crippen molar-refractivity contribution in [2.45, 2.75) is 0 Å². The molecule has 2 aromatic carbocycles. The van der Waals surface area contributed by atoms with E-state index in [-0.39, 0.29) is 18.1 Å². The van der Waals surface area contributed by atoms with E-state index in [1.54, 1.807) is 38.4 Å². The van der Waals surface area contributed by atoms with Gasteiger partial charge >= 0.3 is 0 Å². The molecular formula is C18H19F2N3O3. The molecule has 0 saturated heterocycles. The Hall–Kier alpha value is -3.16. The van der Waals surface area contributed by atoms with Gasteiger partial charge < -0.3 is 20.3 Å². The molecule has 2 amide bonds. The third-order valence-electron chi connectivity index (χ3n) is 3.45. The van der Waals surface area contributed by atoms with E-state index in [2.05, 4.69) is 15.4 Å². The zero-order valence-corrected chi connectivity index (χ0v) is 14.6. The fourth-order valence-corrected chi connectivity index (χ4v) is 2.23. The first-order valence-electron chi connectivity index (χ1n) is 7.70. The van der Waals surface area contributed by atoms with Crippen LogP contribution in [0, 0.1) is 11.6 Å². The van der Waals surface area contributed by atoms with Gasteiger partial charge in [-0.3, -0.25) is 9.59 Å². The minimum absolute atomic E-state index is 0.104.